The lowest BCUT2D eigenvalue weighted by atomic mass is 9.98. The fourth-order valence-electron chi connectivity index (χ4n) is 3.63. The summed E-state index contributed by atoms with van der Waals surface area (Å²) in [6.45, 7) is 4.28. The Balaban J connectivity index is 1.72. The van der Waals surface area contributed by atoms with Gasteiger partial charge in [0.05, 0.1) is 11.4 Å². The highest BCUT2D eigenvalue weighted by atomic mass is 32.1. The molecular weight excluding hydrogens is 424 g/mol. The Morgan fingerprint density at radius 3 is 2.28 bits per heavy atom. The lowest BCUT2D eigenvalue weighted by molar-refractivity contribution is 0.0938. The van der Waals surface area contributed by atoms with Crippen LogP contribution in [0.1, 0.15) is 52.3 Å². The van der Waals surface area contributed by atoms with E-state index >= 15 is 0 Å². The van der Waals surface area contributed by atoms with Crippen molar-refractivity contribution in [3.05, 3.63) is 96.4 Å². The molecule has 0 aliphatic heterocycles. The number of carbonyl (C=O) groups is 1. The number of aryl methyl sites for hydroxylation is 1. The average Bonchev–Trinajstić information content (AvgIpc) is 3.34. The van der Waals surface area contributed by atoms with Crippen molar-refractivity contribution >= 4 is 28.3 Å². The molecule has 8 heteroatoms. The molecule has 1 atom stereocenters. The highest BCUT2D eigenvalue weighted by Gasteiger charge is 2.21. The summed E-state index contributed by atoms with van der Waals surface area (Å²) in [6.07, 6.45) is 0. The number of rotatable bonds is 5. The third-order valence-electron chi connectivity index (χ3n) is 5.57. The average molecular weight is 449 g/mol. The number of nitrogens with zero attached hydrogens (tertiary/aromatic N) is 3. The smallest absolute Gasteiger partial charge is 0.332 e. The molecule has 0 radical (unpaired) electrons. The molecule has 1 amide bonds. The van der Waals surface area contributed by atoms with Gasteiger partial charge in [-0.3, -0.25) is 18.7 Å². The largest absolute Gasteiger partial charge is 0.339 e. The predicted octanol–water partition coefficient (Wildman–Crippen LogP) is 3.34. The van der Waals surface area contributed by atoms with Crippen LogP contribution in [0.4, 0.5) is 0 Å². The van der Waals surface area contributed by atoms with E-state index in [1.165, 1.54) is 36.4 Å². The van der Waals surface area contributed by atoms with Gasteiger partial charge < -0.3 is 5.32 Å². The van der Waals surface area contributed by atoms with Crippen molar-refractivity contribution in [2.75, 3.05) is 0 Å². The summed E-state index contributed by atoms with van der Waals surface area (Å²) < 4.78 is 2.30. The molecule has 1 aromatic carbocycles. The zero-order valence-corrected chi connectivity index (χ0v) is 19.1. The van der Waals surface area contributed by atoms with Crippen LogP contribution in [0.3, 0.4) is 0 Å². The minimum absolute atomic E-state index is 0.140. The van der Waals surface area contributed by atoms with Crippen LogP contribution >= 0.6 is 11.3 Å². The van der Waals surface area contributed by atoms with Crippen molar-refractivity contribution < 1.29 is 4.79 Å². The summed E-state index contributed by atoms with van der Waals surface area (Å²) in [5.74, 6) is 0.0336. The van der Waals surface area contributed by atoms with E-state index in [9.17, 15) is 14.4 Å². The topological polar surface area (TPSA) is 86.0 Å². The number of amides is 1. The molecule has 0 bridgehead atoms. The van der Waals surface area contributed by atoms with E-state index in [2.05, 4.69) is 36.3 Å². The molecule has 4 rings (SSSR count). The van der Waals surface area contributed by atoms with Crippen LogP contribution in [-0.2, 0) is 14.1 Å². The second kappa shape index (κ2) is 8.55. The van der Waals surface area contributed by atoms with Gasteiger partial charge in [-0.1, -0.05) is 44.2 Å². The van der Waals surface area contributed by atoms with Crippen molar-refractivity contribution in [3.8, 4) is 0 Å². The van der Waals surface area contributed by atoms with Gasteiger partial charge in [-0.05, 0) is 40.6 Å². The maximum absolute atomic E-state index is 13.2. The number of carbonyl (C=O) groups excluding carboxylic acids is 1. The molecule has 0 aliphatic rings. The SMILES string of the molecule is CC(C)c1ccc([C@H](NC(=O)c2ccc3c(=O)n(C)c(=O)n(C)c3n2)c2cccs2)cc1. The number of benzene rings is 1. The first kappa shape index (κ1) is 21.7. The van der Waals surface area contributed by atoms with E-state index in [0.717, 1.165) is 15.0 Å². The maximum atomic E-state index is 13.2. The van der Waals surface area contributed by atoms with E-state index in [1.54, 1.807) is 11.3 Å². The molecule has 164 valence electrons. The number of nitrogens with one attached hydrogen (secondary N) is 1. The molecule has 0 fully saturated rings. The van der Waals surface area contributed by atoms with Gasteiger partial charge in [0, 0.05) is 19.0 Å². The Kier molecular flexibility index (Phi) is 5.80. The van der Waals surface area contributed by atoms with Gasteiger partial charge in [-0.25, -0.2) is 9.78 Å². The Morgan fingerprint density at radius 2 is 1.66 bits per heavy atom. The summed E-state index contributed by atoms with van der Waals surface area (Å²) in [6, 6.07) is 14.8. The molecule has 0 saturated heterocycles. The first-order valence-electron chi connectivity index (χ1n) is 10.3. The fraction of sp³-hybridized carbons (Fsp3) is 0.250. The lowest BCUT2D eigenvalue weighted by Crippen LogP contribution is -2.37. The van der Waals surface area contributed by atoms with E-state index < -0.39 is 11.2 Å². The molecule has 0 saturated carbocycles. The summed E-state index contributed by atoms with van der Waals surface area (Å²) in [7, 11) is 2.95. The third kappa shape index (κ3) is 3.89. The molecular formula is C24H24N4O3S. The zero-order valence-electron chi connectivity index (χ0n) is 18.3. The summed E-state index contributed by atoms with van der Waals surface area (Å²) in [5.41, 5.74) is 1.58. The Bertz CT molecular complexity index is 1400. The van der Waals surface area contributed by atoms with Crippen LogP contribution in [0.2, 0.25) is 0 Å². The monoisotopic (exact) mass is 448 g/mol. The highest BCUT2D eigenvalue weighted by Crippen LogP contribution is 2.28. The zero-order chi connectivity index (χ0) is 23.0. The molecule has 3 aromatic heterocycles. The molecule has 7 nitrogen and oxygen atoms in total. The number of hydrogen-bond acceptors (Lipinski definition) is 5. The quantitative estimate of drug-likeness (QED) is 0.507. The third-order valence-corrected chi connectivity index (χ3v) is 6.51. The van der Waals surface area contributed by atoms with Crippen molar-refractivity contribution in [1.82, 2.24) is 19.4 Å². The second-order valence-electron chi connectivity index (χ2n) is 8.02. The fourth-order valence-corrected chi connectivity index (χ4v) is 4.44. The molecule has 3 heterocycles. The number of aromatic nitrogens is 3. The first-order chi connectivity index (χ1) is 15.3. The standard InChI is InChI=1S/C24H24N4O3S/c1-14(2)15-7-9-16(10-8-15)20(19-6-5-13-32-19)26-22(29)18-12-11-17-21(25-18)27(3)24(31)28(4)23(17)30/h5-14,20H,1-4H3,(H,26,29)/t20-/m0/s1. The molecule has 0 spiro atoms. The van der Waals surface area contributed by atoms with Crippen LogP contribution < -0.4 is 16.6 Å². The van der Waals surface area contributed by atoms with Gasteiger partial charge in [0.15, 0.2) is 0 Å². The minimum atomic E-state index is -0.491. The van der Waals surface area contributed by atoms with E-state index in [0.29, 0.717) is 5.92 Å². The van der Waals surface area contributed by atoms with Crippen molar-refractivity contribution in [2.24, 2.45) is 14.1 Å². The number of pyridine rings is 1. The van der Waals surface area contributed by atoms with E-state index in [1.807, 2.05) is 29.6 Å². The van der Waals surface area contributed by atoms with Gasteiger partial charge >= 0.3 is 5.69 Å². The van der Waals surface area contributed by atoms with Crippen LogP contribution in [0, 0.1) is 0 Å². The molecule has 1 N–H and O–H groups in total. The predicted molar refractivity (Wildman–Crippen MR) is 126 cm³/mol. The molecule has 0 aliphatic carbocycles. The van der Waals surface area contributed by atoms with Gasteiger partial charge in [0.2, 0.25) is 0 Å². The Morgan fingerprint density at radius 1 is 0.969 bits per heavy atom. The lowest BCUT2D eigenvalue weighted by Gasteiger charge is -2.19. The van der Waals surface area contributed by atoms with Crippen LogP contribution in [0.5, 0.6) is 0 Å². The number of thiophene rings is 1. The van der Waals surface area contributed by atoms with Crippen molar-refractivity contribution in [1.29, 1.82) is 0 Å². The molecule has 0 unspecified atom stereocenters. The Hall–Kier alpha value is -3.52. The first-order valence-corrected chi connectivity index (χ1v) is 11.2. The Labute approximate surface area is 189 Å². The van der Waals surface area contributed by atoms with Crippen LogP contribution in [0.25, 0.3) is 11.0 Å². The molecule has 32 heavy (non-hydrogen) atoms. The van der Waals surface area contributed by atoms with E-state index in [-0.39, 0.29) is 28.7 Å². The summed E-state index contributed by atoms with van der Waals surface area (Å²) >= 11 is 1.56. The van der Waals surface area contributed by atoms with Gasteiger partial charge in [0.25, 0.3) is 11.5 Å². The second-order valence-corrected chi connectivity index (χ2v) is 9.00. The number of fused-ring (bicyclic) bond motifs is 1. The summed E-state index contributed by atoms with van der Waals surface area (Å²) in [5, 5.41) is 5.32. The van der Waals surface area contributed by atoms with Gasteiger partial charge in [-0.15, -0.1) is 11.3 Å². The highest BCUT2D eigenvalue weighted by molar-refractivity contribution is 7.10. The molecule has 4 aromatic rings. The maximum Gasteiger partial charge on any atom is 0.332 e. The van der Waals surface area contributed by atoms with Crippen LogP contribution in [-0.4, -0.2) is 20.0 Å². The normalized spacial score (nSPS) is 12.3. The van der Waals surface area contributed by atoms with Gasteiger partial charge in [0.1, 0.15) is 11.3 Å². The van der Waals surface area contributed by atoms with Crippen molar-refractivity contribution in [3.63, 3.8) is 0 Å². The van der Waals surface area contributed by atoms with Crippen LogP contribution in [0.15, 0.2) is 63.5 Å². The minimum Gasteiger partial charge on any atom is -0.339 e. The van der Waals surface area contributed by atoms with Gasteiger partial charge in [-0.2, -0.15) is 0 Å². The van der Waals surface area contributed by atoms with E-state index in [4.69, 9.17) is 0 Å². The summed E-state index contributed by atoms with van der Waals surface area (Å²) in [4.78, 5) is 43.1. The van der Waals surface area contributed by atoms with Crippen molar-refractivity contribution in [2.45, 2.75) is 25.8 Å². The number of hydrogen-bond donors (Lipinski definition) is 1.